The number of aliphatic carboxylic acids is 1. The maximum absolute atomic E-state index is 12.2. The molecule has 1 saturated heterocycles. The molecule has 27 heavy (non-hydrogen) atoms. The van der Waals surface area contributed by atoms with Gasteiger partial charge in [-0.15, -0.1) is 0 Å². The molecular formula is C18H32N2O7. The summed E-state index contributed by atoms with van der Waals surface area (Å²) in [4.78, 5) is 35.2. The maximum Gasteiger partial charge on any atom is 0.407 e. The highest BCUT2D eigenvalue weighted by Crippen LogP contribution is 2.25. The Morgan fingerprint density at radius 3 is 2.04 bits per heavy atom. The number of hydrogen-bond donors (Lipinski definition) is 3. The van der Waals surface area contributed by atoms with Gasteiger partial charge in [-0.1, -0.05) is 0 Å². The number of carbonyl (C=O) groups is 3. The second-order valence-electron chi connectivity index (χ2n) is 8.72. The molecule has 0 aromatic rings. The van der Waals surface area contributed by atoms with Crippen molar-refractivity contribution in [2.75, 3.05) is 19.8 Å². The van der Waals surface area contributed by atoms with Crippen molar-refractivity contribution in [1.82, 2.24) is 10.6 Å². The van der Waals surface area contributed by atoms with Gasteiger partial charge < -0.3 is 24.6 Å². The number of ether oxygens (including phenoxy) is 3. The molecule has 1 rings (SSSR count). The van der Waals surface area contributed by atoms with Crippen LogP contribution in [0, 0.1) is 0 Å². The van der Waals surface area contributed by atoms with Crippen LogP contribution in [0.25, 0.3) is 0 Å². The van der Waals surface area contributed by atoms with Crippen LogP contribution in [0.1, 0.15) is 54.4 Å². The monoisotopic (exact) mass is 388 g/mol. The van der Waals surface area contributed by atoms with E-state index in [1.807, 2.05) is 0 Å². The first kappa shape index (κ1) is 23.2. The maximum atomic E-state index is 12.2. The Labute approximate surface area is 160 Å². The van der Waals surface area contributed by atoms with E-state index in [4.69, 9.17) is 19.3 Å². The van der Waals surface area contributed by atoms with Crippen molar-refractivity contribution < 1.29 is 33.7 Å². The van der Waals surface area contributed by atoms with Crippen LogP contribution < -0.4 is 10.6 Å². The summed E-state index contributed by atoms with van der Waals surface area (Å²) in [5, 5.41) is 14.6. The highest BCUT2D eigenvalue weighted by Gasteiger charge is 2.47. The van der Waals surface area contributed by atoms with Gasteiger partial charge in [-0.05, 0) is 48.0 Å². The minimum atomic E-state index is -1.02. The molecular weight excluding hydrogens is 356 g/mol. The van der Waals surface area contributed by atoms with Crippen molar-refractivity contribution >= 4 is 18.0 Å². The van der Waals surface area contributed by atoms with Crippen LogP contribution in [0.4, 0.5) is 4.79 Å². The summed E-state index contributed by atoms with van der Waals surface area (Å²) in [5.74, 6) is -1.42. The molecule has 9 heteroatoms. The average Bonchev–Trinajstić information content (AvgIpc) is 2.38. The van der Waals surface area contributed by atoms with Crippen molar-refractivity contribution in [3.63, 3.8) is 0 Å². The molecule has 0 aromatic heterocycles. The van der Waals surface area contributed by atoms with Gasteiger partial charge in [0, 0.05) is 6.42 Å². The Balaban J connectivity index is 2.83. The van der Waals surface area contributed by atoms with E-state index in [9.17, 15) is 14.4 Å². The first-order valence-electron chi connectivity index (χ1n) is 8.98. The van der Waals surface area contributed by atoms with Gasteiger partial charge in [-0.3, -0.25) is 14.9 Å². The zero-order chi connectivity index (χ0) is 20.9. The second-order valence-corrected chi connectivity index (χ2v) is 8.72. The number of esters is 1. The second kappa shape index (κ2) is 8.88. The number of carbonyl (C=O) groups excluding carboxylic acids is 2. The minimum Gasteiger partial charge on any atom is -0.480 e. The fourth-order valence-electron chi connectivity index (χ4n) is 2.59. The van der Waals surface area contributed by atoms with E-state index in [2.05, 4.69) is 10.6 Å². The lowest BCUT2D eigenvalue weighted by Crippen LogP contribution is -2.72. The van der Waals surface area contributed by atoms with Crippen LogP contribution in [0.3, 0.4) is 0 Å². The molecule has 0 bridgehead atoms. The topological polar surface area (TPSA) is 123 Å². The number of amides is 1. The molecule has 9 nitrogen and oxygen atoms in total. The largest absolute Gasteiger partial charge is 0.480 e. The molecule has 0 aromatic carbocycles. The van der Waals surface area contributed by atoms with E-state index in [1.165, 1.54) is 0 Å². The van der Waals surface area contributed by atoms with E-state index in [1.54, 1.807) is 41.5 Å². The molecule has 1 heterocycles. The molecule has 156 valence electrons. The summed E-state index contributed by atoms with van der Waals surface area (Å²) in [7, 11) is 0. The average molecular weight is 388 g/mol. The van der Waals surface area contributed by atoms with Crippen LogP contribution in [0.15, 0.2) is 0 Å². The molecule has 1 atom stereocenters. The molecule has 1 fully saturated rings. The third kappa shape index (κ3) is 8.57. The van der Waals surface area contributed by atoms with Crippen LogP contribution in [-0.2, 0) is 23.8 Å². The number of rotatable bonds is 8. The number of alkyl carbamates (subject to hydrolysis) is 1. The van der Waals surface area contributed by atoms with Crippen molar-refractivity contribution in [1.29, 1.82) is 0 Å². The Morgan fingerprint density at radius 1 is 1.07 bits per heavy atom. The molecule has 1 aliphatic heterocycles. The molecule has 1 unspecified atom stereocenters. The van der Waals surface area contributed by atoms with E-state index in [0.29, 0.717) is 0 Å². The van der Waals surface area contributed by atoms with Crippen molar-refractivity contribution in [3.8, 4) is 0 Å². The minimum absolute atomic E-state index is 0.0637. The number of hydrogen-bond acceptors (Lipinski definition) is 7. The van der Waals surface area contributed by atoms with Gasteiger partial charge in [-0.2, -0.15) is 0 Å². The van der Waals surface area contributed by atoms with Gasteiger partial charge in [0.2, 0.25) is 0 Å². The standard InChI is InChI=1S/C18H32N2O7/c1-16(2,3)26-14(23)8-7-12(20-15(24)27-17(4,5)6)18(10-25-11-18)19-9-13(21)22/h12,19H,7-11H2,1-6H3,(H,20,24)(H,21,22). The third-order valence-corrected chi connectivity index (χ3v) is 3.73. The highest BCUT2D eigenvalue weighted by atomic mass is 16.6. The van der Waals surface area contributed by atoms with Gasteiger partial charge in [0.15, 0.2) is 0 Å². The molecule has 1 amide bonds. The van der Waals surface area contributed by atoms with Gasteiger partial charge in [-0.25, -0.2) is 4.79 Å². The smallest absolute Gasteiger partial charge is 0.407 e. The van der Waals surface area contributed by atoms with Gasteiger partial charge in [0.05, 0.1) is 31.3 Å². The predicted octanol–water partition coefficient (Wildman–Crippen LogP) is 1.44. The van der Waals surface area contributed by atoms with E-state index < -0.39 is 40.8 Å². The van der Waals surface area contributed by atoms with E-state index in [-0.39, 0.29) is 32.6 Å². The van der Waals surface area contributed by atoms with E-state index >= 15 is 0 Å². The lowest BCUT2D eigenvalue weighted by atomic mass is 9.85. The summed E-state index contributed by atoms with van der Waals surface area (Å²) in [6.45, 7) is 10.7. The molecule has 0 saturated carbocycles. The molecule has 3 N–H and O–H groups in total. The Hall–Kier alpha value is -1.87. The van der Waals surface area contributed by atoms with Crippen molar-refractivity contribution in [2.45, 2.75) is 77.2 Å². The number of nitrogens with one attached hydrogen (secondary N) is 2. The summed E-state index contributed by atoms with van der Waals surface area (Å²) in [5.41, 5.74) is -2.07. The zero-order valence-corrected chi connectivity index (χ0v) is 17.0. The normalized spacial score (nSPS) is 17.4. The molecule has 0 aliphatic carbocycles. The van der Waals surface area contributed by atoms with Crippen molar-refractivity contribution in [3.05, 3.63) is 0 Å². The summed E-state index contributed by atoms with van der Waals surface area (Å²) < 4.78 is 15.9. The lowest BCUT2D eigenvalue weighted by molar-refractivity contribution is -0.156. The molecule has 0 radical (unpaired) electrons. The highest BCUT2D eigenvalue weighted by molar-refractivity contribution is 5.71. The lowest BCUT2D eigenvalue weighted by Gasteiger charge is -2.47. The fraction of sp³-hybridized carbons (Fsp3) is 0.833. The van der Waals surface area contributed by atoms with Crippen LogP contribution >= 0.6 is 0 Å². The van der Waals surface area contributed by atoms with Gasteiger partial charge >= 0.3 is 18.0 Å². The third-order valence-electron chi connectivity index (χ3n) is 3.73. The van der Waals surface area contributed by atoms with Crippen LogP contribution in [0.2, 0.25) is 0 Å². The molecule has 1 aliphatic rings. The first-order valence-corrected chi connectivity index (χ1v) is 8.98. The van der Waals surface area contributed by atoms with Crippen molar-refractivity contribution in [2.24, 2.45) is 0 Å². The number of carboxylic acid groups (broad SMARTS) is 1. The summed E-state index contributed by atoms with van der Waals surface area (Å²) in [6, 6.07) is -0.562. The SMILES string of the molecule is CC(C)(C)OC(=O)CCC(NC(=O)OC(C)(C)C)C1(NCC(=O)O)COC1. The number of carboxylic acids is 1. The fourth-order valence-corrected chi connectivity index (χ4v) is 2.59. The van der Waals surface area contributed by atoms with Gasteiger partial charge in [0.25, 0.3) is 0 Å². The first-order chi connectivity index (χ1) is 12.2. The van der Waals surface area contributed by atoms with E-state index in [0.717, 1.165) is 0 Å². The van der Waals surface area contributed by atoms with Gasteiger partial charge in [0.1, 0.15) is 11.2 Å². The Kier molecular flexibility index (Phi) is 7.62. The summed E-state index contributed by atoms with van der Waals surface area (Å²) in [6.07, 6.45) is -0.321. The predicted molar refractivity (Wildman–Crippen MR) is 97.4 cm³/mol. The Morgan fingerprint density at radius 2 is 1.63 bits per heavy atom. The van der Waals surface area contributed by atoms with Crippen LogP contribution in [0.5, 0.6) is 0 Å². The Bertz CT molecular complexity index is 545. The molecule has 0 spiro atoms. The zero-order valence-electron chi connectivity index (χ0n) is 17.0. The summed E-state index contributed by atoms with van der Waals surface area (Å²) >= 11 is 0. The quantitative estimate of drug-likeness (QED) is 0.534. The van der Waals surface area contributed by atoms with Crippen LogP contribution in [-0.4, -0.2) is 65.7 Å².